The molecule has 136 valence electrons. The van der Waals surface area contributed by atoms with E-state index in [1.165, 1.54) is 12.1 Å². The van der Waals surface area contributed by atoms with Crippen LogP contribution in [0.4, 0.5) is 10.6 Å². The molecule has 26 heavy (non-hydrogen) atoms. The molecule has 1 aliphatic heterocycles. The van der Waals surface area contributed by atoms with Gasteiger partial charge in [-0.15, -0.1) is 0 Å². The van der Waals surface area contributed by atoms with E-state index in [0.29, 0.717) is 19.6 Å². The fraction of sp³-hybridized carbons (Fsp3) is 0.333. The SMILES string of the molecule is Cc1nccc(N2CCN(C(=O)NCc3ccc(C(=O)O)cc3)CC2)n1. The minimum Gasteiger partial charge on any atom is -0.478 e. The molecule has 0 radical (unpaired) electrons. The molecular weight excluding hydrogens is 334 g/mol. The van der Waals surface area contributed by atoms with Crippen LogP contribution in [0.5, 0.6) is 0 Å². The van der Waals surface area contributed by atoms with Gasteiger partial charge in [-0.3, -0.25) is 0 Å². The second-order valence-electron chi connectivity index (χ2n) is 6.10. The lowest BCUT2D eigenvalue weighted by molar-refractivity contribution is 0.0697. The zero-order chi connectivity index (χ0) is 18.5. The monoisotopic (exact) mass is 355 g/mol. The van der Waals surface area contributed by atoms with Gasteiger partial charge in [-0.05, 0) is 30.7 Å². The number of benzene rings is 1. The van der Waals surface area contributed by atoms with E-state index in [2.05, 4.69) is 20.2 Å². The first-order valence-electron chi connectivity index (χ1n) is 8.42. The average Bonchev–Trinajstić information content (AvgIpc) is 2.66. The fourth-order valence-corrected chi connectivity index (χ4v) is 2.81. The second kappa shape index (κ2) is 7.81. The summed E-state index contributed by atoms with van der Waals surface area (Å²) in [6.07, 6.45) is 1.74. The molecule has 8 nitrogen and oxygen atoms in total. The molecule has 1 saturated heterocycles. The van der Waals surface area contributed by atoms with E-state index in [0.717, 1.165) is 30.3 Å². The van der Waals surface area contributed by atoms with Crippen molar-refractivity contribution in [2.45, 2.75) is 13.5 Å². The normalized spacial score (nSPS) is 14.2. The summed E-state index contributed by atoms with van der Waals surface area (Å²) in [5.41, 5.74) is 1.09. The number of carbonyl (C=O) groups is 2. The number of aromatic carboxylic acids is 1. The molecule has 1 fully saturated rings. The number of carbonyl (C=O) groups excluding carboxylic acids is 1. The van der Waals surface area contributed by atoms with Crippen molar-refractivity contribution in [3.8, 4) is 0 Å². The van der Waals surface area contributed by atoms with E-state index in [1.807, 2.05) is 13.0 Å². The molecule has 0 bridgehead atoms. The standard InChI is InChI=1S/C18H21N5O3/c1-13-19-7-6-16(21-13)22-8-10-23(11-9-22)18(26)20-12-14-2-4-15(5-3-14)17(24)25/h2-7H,8-12H2,1H3,(H,20,26)(H,24,25). The Morgan fingerprint density at radius 1 is 1.12 bits per heavy atom. The number of anilines is 1. The van der Waals surface area contributed by atoms with Gasteiger partial charge in [-0.25, -0.2) is 19.6 Å². The quantitative estimate of drug-likeness (QED) is 0.863. The first-order valence-corrected chi connectivity index (χ1v) is 8.42. The lowest BCUT2D eigenvalue weighted by atomic mass is 10.1. The lowest BCUT2D eigenvalue weighted by Gasteiger charge is -2.35. The Morgan fingerprint density at radius 3 is 2.42 bits per heavy atom. The summed E-state index contributed by atoms with van der Waals surface area (Å²) in [6.45, 7) is 4.90. The van der Waals surface area contributed by atoms with Crippen LogP contribution in [0.3, 0.4) is 0 Å². The Bertz CT molecular complexity index is 786. The zero-order valence-electron chi connectivity index (χ0n) is 14.6. The first kappa shape index (κ1) is 17.7. The highest BCUT2D eigenvalue weighted by molar-refractivity contribution is 5.87. The van der Waals surface area contributed by atoms with Crippen LogP contribution < -0.4 is 10.2 Å². The molecule has 0 saturated carbocycles. The molecular formula is C18H21N5O3. The number of aryl methyl sites for hydroxylation is 1. The molecule has 2 N–H and O–H groups in total. The van der Waals surface area contributed by atoms with Crippen molar-refractivity contribution in [2.24, 2.45) is 0 Å². The molecule has 1 aromatic carbocycles. The fourth-order valence-electron chi connectivity index (χ4n) is 2.81. The summed E-state index contributed by atoms with van der Waals surface area (Å²) < 4.78 is 0. The maximum absolute atomic E-state index is 12.3. The molecule has 0 spiro atoms. The van der Waals surface area contributed by atoms with Crippen molar-refractivity contribution in [1.29, 1.82) is 0 Å². The largest absolute Gasteiger partial charge is 0.478 e. The van der Waals surface area contributed by atoms with Crippen molar-refractivity contribution in [3.63, 3.8) is 0 Å². The van der Waals surface area contributed by atoms with E-state index in [4.69, 9.17) is 5.11 Å². The van der Waals surface area contributed by atoms with Gasteiger partial charge in [0.2, 0.25) is 0 Å². The highest BCUT2D eigenvalue weighted by Crippen LogP contribution is 2.13. The van der Waals surface area contributed by atoms with Crippen LogP contribution >= 0.6 is 0 Å². The number of hydrogen-bond donors (Lipinski definition) is 2. The topological polar surface area (TPSA) is 98.7 Å². The van der Waals surface area contributed by atoms with Crippen LogP contribution in [0.25, 0.3) is 0 Å². The molecule has 1 aliphatic rings. The molecule has 1 aromatic heterocycles. The van der Waals surface area contributed by atoms with Gasteiger partial charge in [0, 0.05) is 38.9 Å². The maximum Gasteiger partial charge on any atom is 0.335 e. The third-order valence-electron chi connectivity index (χ3n) is 4.30. The van der Waals surface area contributed by atoms with E-state index in [1.54, 1.807) is 23.2 Å². The lowest BCUT2D eigenvalue weighted by Crippen LogP contribution is -2.51. The van der Waals surface area contributed by atoms with Crippen molar-refractivity contribution in [2.75, 3.05) is 31.1 Å². The molecule has 0 atom stereocenters. The summed E-state index contributed by atoms with van der Waals surface area (Å²) in [7, 11) is 0. The number of piperazine rings is 1. The second-order valence-corrected chi connectivity index (χ2v) is 6.10. The Hall–Kier alpha value is -3.16. The van der Waals surface area contributed by atoms with Crippen molar-refractivity contribution >= 4 is 17.8 Å². The van der Waals surface area contributed by atoms with E-state index in [-0.39, 0.29) is 11.6 Å². The Kier molecular flexibility index (Phi) is 5.31. The first-order chi connectivity index (χ1) is 12.5. The van der Waals surface area contributed by atoms with Gasteiger partial charge in [0.15, 0.2) is 0 Å². The van der Waals surface area contributed by atoms with Gasteiger partial charge < -0.3 is 20.2 Å². The summed E-state index contributed by atoms with van der Waals surface area (Å²) in [6, 6.07) is 8.24. The van der Waals surface area contributed by atoms with Crippen LogP contribution in [0, 0.1) is 6.92 Å². The predicted molar refractivity (Wildman–Crippen MR) is 96.2 cm³/mol. The van der Waals surface area contributed by atoms with Gasteiger partial charge in [0.05, 0.1) is 5.56 Å². The van der Waals surface area contributed by atoms with Gasteiger partial charge >= 0.3 is 12.0 Å². The third kappa shape index (κ3) is 4.27. The Morgan fingerprint density at radius 2 is 1.81 bits per heavy atom. The van der Waals surface area contributed by atoms with Crippen LogP contribution in [0.1, 0.15) is 21.7 Å². The zero-order valence-corrected chi connectivity index (χ0v) is 14.6. The number of nitrogens with one attached hydrogen (secondary N) is 1. The number of amides is 2. The van der Waals surface area contributed by atoms with Crippen molar-refractivity contribution in [1.82, 2.24) is 20.2 Å². The van der Waals surface area contributed by atoms with Gasteiger partial charge in [0.25, 0.3) is 0 Å². The van der Waals surface area contributed by atoms with Crippen molar-refractivity contribution in [3.05, 3.63) is 53.5 Å². The number of nitrogens with zero attached hydrogens (tertiary/aromatic N) is 4. The van der Waals surface area contributed by atoms with Gasteiger partial charge in [-0.2, -0.15) is 0 Å². The molecule has 2 heterocycles. The van der Waals surface area contributed by atoms with E-state index >= 15 is 0 Å². The Balaban J connectivity index is 1.48. The summed E-state index contributed by atoms with van der Waals surface area (Å²) in [5.74, 6) is 0.657. The van der Waals surface area contributed by atoms with Crippen LogP contribution in [-0.4, -0.2) is 58.2 Å². The predicted octanol–water partition coefficient (Wildman–Crippen LogP) is 1.52. The highest BCUT2D eigenvalue weighted by Gasteiger charge is 2.21. The number of aromatic nitrogens is 2. The average molecular weight is 355 g/mol. The van der Waals surface area contributed by atoms with E-state index < -0.39 is 5.97 Å². The number of rotatable bonds is 4. The smallest absolute Gasteiger partial charge is 0.335 e. The molecule has 2 aromatic rings. The minimum atomic E-state index is -0.961. The van der Waals surface area contributed by atoms with Gasteiger partial charge in [-0.1, -0.05) is 12.1 Å². The molecule has 2 amide bonds. The maximum atomic E-state index is 12.3. The molecule has 8 heteroatoms. The molecule has 0 unspecified atom stereocenters. The summed E-state index contributed by atoms with van der Waals surface area (Å²) in [5, 5.41) is 11.8. The van der Waals surface area contributed by atoms with Gasteiger partial charge in [0.1, 0.15) is 11.6 Å². The summed E-state index contributed by atoms with van der Waals surface area (Å²) >= 11 is 0. The number of hydrogen-bond acceptors (Lipinski definition) is 5. The van der Waals surface area contributed by atoms with Crippen LogP contribution in [0.15, 0.2) is 36.5 Å². The molecule has 0 aliphatic carbocycles. The minimum absolute atomic E-state index is 0.120. The highest BCUT2D eigenvalue weighted by atomic mass is 16.4. The third-order valence-corrected chi connectivity index (χ3v) is 4.30. The number of carboxylic acid groups (broad SMARTS) is 1. The van der Waals surface area contributed by atoms with E-state index in [9.17, 15) is 9.59 Å². The Labute approximate surface area is 151 Å². The number of urea groups is 1. The van der Waals surface area contributed by atoms with Crippen molar-refractivity contribution < 1.29 is 14.7 Å². The van der Waals surface area contributed by atoms with Crippen LogP contribution in [0.2, 0.25) is 0 Å². The molecule has 3 rings (SSSR count). The van der Waals surface area contributed by atoms with Crippen LogP contribution in [-0.2, 0) is 6.54 Å². The summed E-state index contributed by atoms with van der Waals surface area (Å²) in [4.78, 5) is 35.6. The number of carboxylic acids is 1.